The lowest BCUT2D eigenvalue weighted by Gasteiger charge is -2.35. The first-order valence-corrected chi connectivity index (χ1v) is 8.35. The molecule has 0 spiro atoms. The second-order valence-electron chi connectivity index (χ2n) is 6.32. The number of para-hydroxylation sites is 2. The Labute approximate surface area is 142 Å². The second kappa shape index (κ2) is 7.95. The summed E-state index contributed by atoms with van der Waals surface area (Å²) in [6, 6.07) is 6.79. The molecule has 0 bridgehead atoms. The minimum atomic E-state index is -0.349. The van der Waals surface area contributed by atoms with Gasteiger partial charge < -0.3 is 9.80 Å². The first-order chi connectivity index (χ1) is 11.4. The molecule has 0 N–H and O–H groups in total. The fourth-order valence-electron chi connectivity index (χ4n) is 3.18. The summed E-state index contributed by atoms with van der Waals surface area (Å²) >= 11 is 0. The van der Waals surface area contributed by atoms with Gasteiger partial charge in [-0.05, 0) is 32.8 Å². The molecule has 0 saturated carbocycles. The van der Waals surface area contributed by atoms with Gasteiger partial charge in [0, 0.05) is 38.2 Å². The molecule has 24 heavy (non-hydrogen) atoms. The van der Waals surface area contributed by atoms with E-state index in [1.807, 2.05) is 29.7 Å². The van der Waals surface area contributed by atoms with Crippen LogP contribution in [-0.4, -0.2) is 41.9 Å². The summed E-state index contributed by atoms with van der Waals surface area (Å²) in [5.74, 6) is 0.158. The zero-order valence-electron chi connectivity index (χ0n) is 14.4. The SMILES string of the molecule is C=C(C)CN(CC)C(=O)C1CCN(c2ccccc2[N+](=O)[O-])CC1. The van der Waals surface area contributed by atoms with Crippen LogP contribution in [0, 0.1) is 16.0 Å². The van der Waals surface area contributed by atoms with Gasteiger partial charge >= 0.3 is 0 Å². The van der Waals surface area contributed by atoms with Gasteiger partial charge in [0.15, 0.2) is 0 Å². The van der Waals surface area contributed by atoms with E-state index < -0.39 is 0 Å². The normalized spacial score (nSPS) is 15.2. The number of nitro benzene ring substituents is 1. The molecule has 1 amide bonds. The molecule has 0 atom stereocenters. The lowest BCUT2D eigenvalue weighted by atomic mass is 9.94. The van der Waals surface area contributed by atoms with Crippen LogP contribution >= 0.6 is 0 Å². The van der Waals surface area contributed by atoms with E-state index in [1.165, 1.54) is 6.07 Å². The van der Waals surface area contributed by atoms with Crippen molar-refractivity contribution in [2.45, 2.75) is 26.7 Å². The number of likely N-dealkylation sites (N-methyl/N-ethyl adjacent to an activating group) is 1. The first-order valence-electron chi connectivity index (χ1n) is 8.35. The lowest BCUT2D eigenvalue weighted by Crippen LogP contribution is -2.43. The van der Waals surface area contributed by atoms with Crippen LogP contribution < -0.4 is 4.90 Å². The number of amides is 1. The largest absolute Gasteiger partial charge is 0.366 e. The third-order valence-corrected chi connectivity index (χ3v) is 4.42. The van der Waals surface area contributed by atoms with Crippen molar-refractivity contribution < 1.29 is 9.72 Å². The standard InChI is InChI=1S/C18H25N3O3/c1-4-19(13-14(2)3)18(22)15-9-11-20(12-10-15)16-7-5-6-8-17(16)21(23)24/h5-8,15H,2,4,9-13H2,1,3H3. The van der Waals surface area contributed by atoms with E-state index in [4.69, 9.17) is 0 Å². The van der Waals surface area contributed by atoms with Crippen LogP contribution in [0.15, 0.2) is 36.4 Å². The lowest BCUT2D eigenvalue weighted by molar-refractivity contribution is -0.384. The van der Waals surface area contributed by atoms with Crippen molar-refractivity contribution in [3.63, 3.8) is 0 Å². The monoisotopic (exact) mass is 331 g/mol. The molecular weight excluding hydrogens is 306 g/mol. The van der Waals surface area contributed by atoms with Gasteiger partial charge in [0.2, 0.25) is 5.91 Å². The van der Waals surface area contributed by atoms with E-state index in [0.717, 1.165) is 18.4 Å². The molecule has 6 nitrogen and oxygen atoms in total. The molecule has 0 aromatic heterocycles. The van der Waals surface area contributed by atoms with Gasteiger partial charge in [-0.15, -0.1) is 0 Å². The minimum Gasteiger partial charge on any atom is -0.366 e. The fraction of sp³-hybridized carbons (Fsp3) is 0.500. The zero-order valence-corrected chi connectivity index (χ0v) is 14.4. The zero-order chi connectivity index (χ0) is 17.7. The van der Waals surface area contributed by atoms with E-state index in [9.17, 15) is 14.9 Å². The maximum Gasteiger partial charge on any atom is 0.292 e. The van der Waals surface area contributed by atoms with E-state index in [0.29, 0.717) is 31.9 Å². The Morgan fingerprint density at radius 3 is 2.54 bits per heavy atom. The number of carbonyl (C=O) groups is 1. The van der Waals surface area contributed by atoms with Crippen LogP contribution in [0.4, 0.5) is 11.4 Å². The Balaban J connectivity index is 2.02. The molecule has 2 rings (SSSR count). The topological polar surface area (TPSA) is 66.7 Å². The minimum absolute atomic E-state index is 0.0108. The Morgan fingerprint density at radius 2 is 2.00 bits per heavy atom. The molecule has 6 heteroatoms. The maximum absolute atomic E-state index is 12.6. The van der Waals surface area contributed by atoms with Crippen LogP contribution in [0.5, 0.6) is 0 Å². The van der Waals surface area contributed by atoms with Crippen LogP contribution in [0.25, 0.3) is 0 Å². The van der Waals surface area contributed by atoms with Crippen molar-refractivity contribution in [2.75, 3.05) is 31.1 Å². The number of hydrogen-bond donors (Lipinski definition) is 0. The molecule has 0 aliphatic carbocycles. The molecule has 1 aliphatic rings. The summed E-state index contributed by atoms with van der Waals surface area (Å²) in [6.07, 6.45) is 1.44. The summed E-state index contributed by atoms with van der Waals surface area (Å²) in [4.78, 5) is 27.3. The number of piperidine rings is 1. The molecular formula is C18H25N3O3. The van der Waals surface area contributed by atoms with Gasteiger partial charge in [-0.3, -0.25) is 14.9 Å². The third kappa shape index (κ3) is 4.13. The van der Waals surface area contributed by atoms with Crippen LogP contribution in [-0.2, 0) is 4.79 Å². The first kappa shape index (κ1) is 18.0. The van der Waals surface area contributed by atoms with E-state index in [-0.39, 0.29) is 22.4 Å². The van der Waals surface area contributed by atoms with Gasteiger partial charge in [0.05, 0.1) is 4.92 Å². The summed E-state index contributed by atoms with van der Waals surface area (Å²) in [7, 11) is 0. The molecule has 1 fully saturated rings. The number of anilines is 1. The number of hydrogen-bond acceptors (Lipinski definition) is 4. The second-order valence-corrected chi connectivity index (χ2v) is 6.32. The van der Waals surface area contributed by atoms with Gasteiger partial charge in [-0.25, -0.2) is 0 Å². The predicted molar refractivity (Wildman–Crippen MR) is 95.1 cm³/mol. The molecule has 1 aromatic carbocycles. The molecule has 1 aliphatic heterocycles. The Bertz CT molecular complexity index is 622. The Kier molecular flexibility index (Phi) is 5.95. The number of nitrogens with zero attached hydrogens (tertiary/aromatic N) is 3. The summed E-state index contributed by atoms with van der Waals surface area (Å²) in [5, 5.41) is 11.2. The van der Waals surface area contributed by atoms with Crippen molar-refractivity contribution in [1.82, 2.24) is 4.90 Å². The van der Waals surface area contributed by atoms with Crippen molar-refractivity contribution in [2.24, 2.45) is 5.92 Å². The van der Waals surface area contributed by atoms with Crippen LogP contribution in [0.3, 0.4) is 0 Å². The van der Waals surface area contributed by atoms with Gasteiger partial charge in [-0.1, -0.05) is 24.3 Å². The van der Waals surface area contributed by atoms with Crippen LogP contribution in [0.1, 0.15) is 26.7 Å². The van der Waals surface area contributed by atoms with Crippen molar-refractivity contribution in [3.8, 4) is 0 Å². The van der Waals surface area contributed by atoms with Crippen molar-refractivity contribution >= 4 is 17.3 Å². The average Bonchev–Trinajstić information content (AvgIpc) is 2.59. The highest BCUT2D eigenvalue weighted by atomic mass is 16.6. The summed E-state index contributed by atoms with van der Waals surface area (Å²) in [6.45, 7) is 10.4. The molecule has 1 aromatic rings. The van der Waals surface area contributed by atoms with Gasteiger partial charge in [0.1, 0.15) is 5.69 Å². The maximum atomic E-state index is 12.6. The number of carbonyl (C=O) groups excluding carboxylic acids is 1. The highest BCUT2D eigenvalue weighted by molar-refractivity contribution is 5.79. The van der Waals surface area contributed by atoms with Gasteiger partial charge in [-0.2, -0.15) is 0 Å². The summed E-state index contributed by atoms with van der Waals surface area (Å²) in [5.41, 5.74) is 1.74. The van der Waals surface area contributed by atoms with E-state index in [1.54, 1.807) is 12.1 Å². The van der Waals surface area contributed by atoms with Crippen molar-refractivity contribution in [1.29, 1.82) is 0 Å². The number of nitro groups is 1. The van der Waals surface area contributed by atoms with Crippen molar-refractivity contribution in [3.05, 3.63) is 46.5 Å². The van der Waals surface area contributed by atoms with Crippen LogP contribution in [0.2, 0.25) is 0 Å². The molecule has 0 unspecified atom stereocenters. The van der Waals surface area contributed by atoms with E-state index in [2.05, 4.69) is 6.58 Å². The van der Waals surface area contributed by atoms with E-state index >= 15 is 0 Å². The Hall–Kier alpha value is -2.37. The highest BCUT2D eigenvalue weighted by Gasteiger charge is 2.30. The highest BCUT2D eigenvalue weighted by Crippen LogP contribution is 2.31. The molecule has 130 valence electrons. The third-order valence-electron chi connectivity index (χ3n) is 4.42. The molecule has 0 radical (unpaired) electrons. The van der Waals surface area contributed by atoms with Gasteiger partial charge in [0.25, 0.3) is 5.69 Å². The molecule has 1 saturated heterocycles. The predicted octanol–water partition coefficient (Wildman–Crippen LogP) is 3.24. The Morgan fingerprint density at radius 1 is 1.38 bits per heavy atom. The number of rotatable bonds is 6. The fourth-order valence-corrected chi connectivity index (χ4v) is 3.18. The smallest absolute Gasteiger partial charge is 0.292 e. The average molecular weight is 331 g/mol. The quantitative estimate of drug-likeness (QED) is 0.456. The number of benzene rings is 1. The summed E-state index contributed by atoms with van der Waals surface area (Å²) < 4.78 is 0. The molecule has 1 heterocycles.